The number of allylic oxidation sites excluding steroid dienone is 2. The quantitative estimate of drug-likeness (QED) is 0.480. The van der Waals surface area contributed by atoms with E-state index in [9.17, 15) is 0 Å². The van der Waals surface area contributed by atoms with Gasteiger partial charge in [0.15, 0.2) is 0 Å². The molecule has 0 aliphatic carbocycles. The Morgan fingerprint density at radius 3 is 1.62 bits per heavy atom. The molecule has 0 saturated carbocycles. The topological polar surface area (TPSA) is 0 Å². The first-order valence-electron chi connectivity index (χ1n) is 2.93. The summed E-state index contributed by atoms with van der Waals surface area (Å²) in [4.78, 5) is 0. The fourth-order valence-electron chi connectivity index (χ4n) is 0.387. The van der Waals surface area contributed by atoms with Crippen molar-refractivity contribution < 1.29 is 0 Å². The summed E-state index contributed by atoms with van der Waals surface area (Å²) >= 11 is 0. The zero-order valence-electron chi connectivity index (χ0n) is 6.52. The molecule has 0 rings (SSSR count). The molecule has 0 aromatic heterocycles. The Kier molecular flexibility index (Phi) is 2.70. The molecule has 0 unspecified atom stereocenters. The molecular weight excluding hydrogens is 115 g/mol. The smallest absolute Gasteiger partial charge is 0.0499 e. The lowest BCUT2D eigenvalue weighted by Crippen LogP contribution is -1.84. The molecule has 0 bridgehead atoms. The minimum absolute atomic E-state index is 0.646. The highest BCUT2D eigenvalue weighted by atomic mass is 31.2. The van der Waals surface area contributed by atoms with Gasteiger partial charge >= 0.3 is 0 Å². The molecule has 0 heterocycles. The van der Waals surface area contributed by atoms with Crippen LogP contribution in [0.15, 0.2) is 11.4 Å². The largest absolute Gasteiger partial charge is 0.0633 e. The summed E-state index contributed by atoms with van der Waals surface area (Å²) in [6.45, 7) is 11.3. The highest BCUT2D eigenvalue weighted by molar-refractivity contribution is 7.77. The van der Waals surface area contributed by atoms with Crippen LogP contribution in [0.5, 0.6) is 0 Å². The average Bonchev–Trinajstić information content (AvgIpc) is 1.62. The lowest BCUT2D eigenvalue weighted by Gasteiger charge is -2.10. The van der Waals surface area contributed by atoms with Gasteiger partial charge in [0.05, 0.1) is 25.3 Å². The lowest BCUT2D eigenvalue weighted by molar-refractivity contribution is 1.56. The maximum absolute atomic E-state index is 2.34. The van der Waals surface area contributed by atoms with Gasteiger partial charge in [-0.2, -0.15) is 0 Å². The second-order valence-corrected chi connectivity index (χ2v) is 7.67. The van der Waals surface area contributed by atoms with Crippen molar-refractivity contribution in [2.24, 2.45) is 0 Å². The van der Waals surface area contributed by atoms with Crippen molar-refractivity contribution in [2.45, 2.75) is 13.8 Å². The molecule has 0 aromatic carbocycles. The number of hydrogen-bond donors (Lipinski definition) is 0. The van der Waals surface area contributed by atoms with E-state index in [1.807, 2.05) is 0 Å². The Morgan fingerprint density at radius 2 is 1.62 bits per heavy atom. The number of hydrogen-bond acceptors (Lipinski definition) is 0. The van der Waals surface area contributed by atoms with Crippen LogP contribution in [0.1, 0.15) is 13.8 Å². The average molecular weight is 131 g/mol. The zero-order chi connectivity index (χ0) is 6.78. The van der Waals surface area contributed by atoms with Crippen molar-refractivity contribution in [1.82, 2.24) is 0 Å². The summed E-state index contributed by atoms with van der Waals surface area (Å²) in [5.74, 6) is 0. The summed E-state index contributed by atoms with van der Waals surface area (Å²) in [6.07, 6.45) is 2.22. The third-order valence-corrected chi connectivity index (χ3v) is 3.85. The van der Waals surface area contributed by atoms with Crippen molar-refractivity contribution in [3.63, 3.8) is 0 Å². The monoisotopic (exact) mass is 131 g/mol. The van der Waals surface area contributed by atoms with Crippen LogP contribution in [0.3, 0.4) is 0 Å². The summed E-state index contributed by atoms with van der Waals surface area (Å²) in [5, 5.41) is 1.57. The van der Waals surface area contributed by atoms with E-state index >= 15 is 0 Å². The van der Waals surface area contributed by atoms with Crippen LogP contribution in [0.2, 0.25) is 0 Å². The molecule has 0 aromatic rings. The molecule has 0 nitrogen and oxygen atoms in total. The van der Waals surface area contributed by atoms with E-state index in [0.29, 0.717) is 0 Å². The van der Waals surface area contributed by atoms with Crippen LogP contribution in [0.25, 0.3) is 0 Å². The van der Waals surface area contributed by atoms with Crippen molar-refractivity contribution in [2.75, 3.05) is 20.0 Å². The van der Waals surface area contributed by atoms with E-state index < -0.39 is 7.26 Å². The molecule has 0 atom stereocenters. The normalized spacial score (nSPS) is 14.4. The van der Waals surface area contributed by atoms with E-state index in [1.54, 1.807) is 5.31 Å². The molecule has 0 spiro atoms. The lowest BCUT2D eigenvalue weighted by atomic mass is 10.6. The van der Waals surface area contributed by atoms with Crippen LogP contribution in [-0.4, -0.2) is 20.0 Å². The Labute approximate surface area is 53.3 Å². The SMILES string of the molecule is CC=C(C)[P+](C)(C)C. The van der Waals surface area contributed by atoms with Gasteiger partial charge in [0.1, 0.15) is 0 Å². The van der Waals surface area contributed by atoms with Gasteiger partial charge in [0.25, 0.3) is 0 Å². The molecule has 0 aliphatic heterocycles. The van der Waals surface area contributed by atoms with Crippen LogP contribution >= 0.6 is 7.26 Å². The van der Waals surface area contributed by atoms with Gasteiger partial charge in [-0.1, -0.05) is 0 Å². The van der Waals surface area contributed by atoms with Crippen molar-refractivity contribution >= 4 is 7.26 Å². The molecule has 0 fully saturated rings. The molecular formula is C7H16P+. The van der Waals surface area contributed by atoms with Gasteiger partial charge in [0, 0.05) is 7.26 Å². The third kappa shape index (κ3) is 2.47. The second kappa shape index (κ2) is 2.64. The molecule has 0 N–H and O–H groups in total. The Bertz CT molecular complexity index is 95.4. The Morgan fingerprint density at radius 1 is 1.25 bits per heavy atom. The minimum atomic E-state index is -0.646. The van der Waals surface area contributed by atoms with E-state index in [2.05, 4.69) is 39.9 Å². The van der Waals surface area contributed by atoms with Gasteiger partial charge in [-0.15, -0.1) is 0 Å². The van der Waals surface area contributed by atoms with E-state index in [1.165, 1.54) is 0 Å². The van der Waals surface area contributed by atoms with Gasteiger partial charge < -0.3 is 0 Å². The van der Waals surface area contributed by atoms with Crippen LogP contribution < -0.4 is 0 Å². The van der Waals surface area contributed by atoms with Crippen LogP contribution in [0.4, 0.5) is 0 Å². The van der Waals surface area contributed by atoms with Crippen molar-refractivity contribution in [1.29, 1.82) is 0 Å². The maximum atomic E-state index is 2.34. The maximum Gasteiger partial charge on any atom is 0.0633 e. The summed E-state index contributed by atoms with van der Waals surface area (Å²) in [6, 6.07) is 0. The fourth-order valence-corrected chi connectivity index (χ4v) is 1.16. The summed E-state index contributed by atoms with van der Waals surface area (Å²) in [7, 11) is -0.646. The fraction of sp³-hybridized carbons (Fsp3) is 0.714. The van der Waals surface area contributed by atoms with Crippen LogP contribution in [0, 0.1) is 0 Å². The van der Waals surface area contributed by atoms with Gasteiger partial charge in [-0.3, -0.25) is 0 Å². The summed E-state index contributed by atoms with van der Waals surface area (Å²) < 4.78 is 0. The minimum Gasteiger partial charge on any atom is -0.0499 e. The Hall–Kier alpha value is 0.170. The van der Waals surface area contributed by atoms with E-state index in [4.69, 9.17) is 0 Å². The number of rotatable bonds is 1. The first-order chi connectivity index (χ1) is 3.48. The predicted molar refractivity (Wildman–Crippen MR) is 44.1 cm³/mol. The predicted octanol–water partition coefficient (Wildman–Crippen LogP) is 2.82. The first-order valence-corrected chi connectivity index (χ1v) is 6.06. The Balaban J connectivity index is 4.03. The molecule has 48 valence electrons. The third-order valence-electron chi connectivity index (χ3n) is 1.48. The molecule has 8 heavy (non-hydrogen) atoms. The van der Waals surface area contributed by atoms with Gasteiger partial charge in [-0.05, 0) is 19.9 Å². The molecule has 0 saturated heterocycles. The van der Waals surface area contributed by atoms with E-state index in [0.717, 1.165) is 0 Å². The molecule has 1 heteroatoms. The highest BCUT2D eigenvalue weighted by Gasteiger charge is 2.18. The highest BCUT2D eigenvalue weighted by Crippen LogP contribution is 2.54. The first kappa shape index (κ1) is 8.17. The van der Waals surface area contributed by atoms with Crippen molar-refractivity contribution in [3.8, 4) is 0 Å². The zero-order valence-corrected chi connectivity index (χ0v) is 7.42. The standard InChI is InChI=1S/C7H16P/c1-6-7(2)8(3,4)5/h6H,1-5H3/q+1. The van der Waals surface area contributed by atoms with E-state index in [-0.39, 0.29) is 0 Å². The van der Waals surface area contributed by atoms with Crippen LogP contribution in [-0.2, 0) is 0 Å². The van der Waals surface area contributed by atoms with Crippen molar-refractivity contribution in [3.05, 3.63) is 11.4 Å². The summed E-state index contributed by atoms with van der Waals surface area (Å²) in [5.41, 5.74) is 0. The second-order valence-electron chi connectivity index (χ2n) is 2.94. The van der Waals surface area contributed by atoms with Gasteiger partial charge in [0.2, 0.25) is 0 Å². The molecule has 0 amide bonds. The van der Waals surface area contributed by atoms with Gasteiger partial charge in [-0.25, -0.2) is 0 Å². The molecule has 0 radical (unpaired) electrons. The molecule has 0 aliphatic rings.